The molecule has 0 fully saturated rings. The van der Waals surface area contributed by atoms with Gasteiger partial charge in [0.25, 0.3) is 0 Å². The minimum absolute atomic E-state index is 0.290. The van der Waals surface area contributed by atoms with E-state index in [0.717, 1.165) is 30.8 Å². The van der Waals surface area contributed by atoms with Crippen LogP contribution in [0.5, 0.6) is 0 Å². The summed E-state index contributed by atoms with van der Waals surface area (Å²) in [6.07, 6.45) is 4.18. The normalized spacial score (nSPS) is 12.8. The van der Waals surface area contributed by atoms with Crippen LogP contribution in [0, 0.1) is 13.8 Å². The molecule has 0 radical (unpaired) electrons. The lowest BCUT2D eigenvalue weighted by atomic mass is 10.0. The van der Waals surface area contributed by atoms with E-state index >= 15 is 0 Å². The van der Waals surface area contributed by atoms with Crippen LogP contribution >= 0.6 is 0 Å². The van der Waals surface area contributed by atoms with Crippen LogP contribution < -0.4 is 5.32 Å². The fraction of sp³-hybridized carbons (Fsp3) is 0.600. The van der Waals surface area contributed by atoms with Crippen molar-refractivity contribution in [2.45, 2.75) is 39.7 Å². The van der Waals surface area contributed by atoms with Gasteiger partial charge in [0.05, 0.1) is 11.4 Å². The van der Waals surface area contributed by atoms with Crippen LogP contribution in [0.1, 0.15) is 42.0 Å². The van der Waals surface area contributed by atoms with Crippen molar-refractivity contribution in [2.24, 2.45) is 14.1 Å². The van der Waals surface area contributed by atoms with E-state index in [-0.39, 0.29) is 0 Å². The Hall–Kier alpha value is -1.62. The Bertz CT molecular complexity index is 567. The quantitative estimate of drug-likeness (QED) is 0.878. The predicted molar refractivity (Wildman–Crippen MR) is 80.6 cm³/mol. The van der Waals surface area contributed by atoms with Gasteiger partial charge in [0, 0.05) is 44.0 Å². The van der Waals surface area contributed by atoms with Crippen LogP contribution in [0.25, 0.3) is 0 Å². The molecule has 0 bridgehead atoms. The molecule has 110 valence electrons. The first-order chi connectivity index (χ1) is 9.51. The Morgan fingerprint density at radius 3 is 2.50 bits per heavy atom. The minimum Gasteiger partial charge on any atom is -0.309 e. The van der Waals surface area contributed by atoms with E-state index in [1.165, 1.54) is 11.3 Å². The molecule has 0 saturated carbocycles. The summed E-state index contributed by atoms with van der Waals surface area (Å²) in [6, 6.07) is 2.45. The van der Waals surface area contributed by atoms with Gasteiger partial charge in [0.2, 0.25) is 0 Å². The summed E-state index contributed by atoms with van der Waals surface area (Å²) in [5.41, 5.74) is 4.69. The number of hydrogen-bond donors (Lipinski definition) is 1. The Morgan fingerprint density at radius 1 is 1.25 bits per heavy atom. The van der Waals surface area contributed by atoms with Crippen molar-refractivity contribution in [3.63, 3.8) is 0 Å². The Balaban J connectivity index is 2.23. The summed E-state index contributed by atoms with van der Waals surface area (Å²) < 4.78 is 3.86. The third-order valence-corrected chi connectivity index (χ3v) is 3.58. The Labute approximate surface area is 121 Å². The van der Waals surface area contributed by atoms with Crippen LogP contribution in [0.4, 0.5) is 0 Å². The van der Waals surface area contributed by atoms with Crippen molar-refractivity contribution in [3.05, 3.63) is 34.9 Å². The molecule has 2 heterocycles. The molecule has 20 heavy (non-hydrogen) atoms. The van der Waals surface area contributed by atoms with Gasteiger partial charge >= 0.3 is 0 Å². The molecule has 0 aliphatic carbocycles. The van der Waals surface area contributed by atoms with Gasteiger partial charge < -0.3 is 5.32 Å². The molecule has 0 amide bonds. The second kappa shape index (κ2) is 6.22. The fourth-order valence-electron chi connectivity index (χ4n) is 2.64. The molecule has 2 aromatic rings. The van der Waals surface area contributed by atoms with Gasteiger partial charge in [0.15, 0.2) is 0 Å². The topological polar surface area (TPSA) is 47.7 Å². The predicted octanol–water partition coefficient (Wildman–Crippen LogP) is 2.05. The zero-order valence-electron chi connectivity index (χ0n) is 13.1. The third-order valence-electron chi connectivity index (χ3n) is 3.58. The number of hydrogen-bond acceptors (Lipinski definition) is 3. The van der Waals surface area contributed by atoms with E-state index in [1.807, 2.05) is 30.4 Å². The molecule has 0 aliphatic rings. The zero-order chi connectivity index (χ0) is 14.7. The Morgan fingerprint density at radius 2 is 2.00 bits per heavy atom. The second-order valence-corrected chi connectivity index (χ2v) is 5.46. The van der Waals surface area contributed by atoms with Gasteiger partial charge in [-0.15, -0.1) is 0 Å². The SMILES string of the molecule is CCCNC(Cc1cc(C)nn1C)c1cn(C)nc1C. The van der Waals surface area contributed by atoms with Gasteiger partial charge in [-0.25, -0.2) is 0 Å². The highest BCUT2D eigenvalue weighted by Crippen LogP contribution is 2.21. The number of aromatic nitrogens is 4. The lowest BCUT2D eigenvalue weighted by Gasteiger charge is -2.18. The first-order valence-electron chi connectivity index (χ1n) is 7.24. The lowest BCUT2D eigenvalue weighted by Crippen LogP contribution is -2.25. The maximum absolute atomic E-state index is 4.46. The molecule has 1 unspecified atom stereocenters. The molecule has 5 heteroatoms. The molecular weight excluding hydrogens is 250 g/mol. The fourth-order valence-corrected chi connectivity index (χ4v) is 2.64. The van der Waals surface area contributed by atoms with Crippen molar-refractivity contribution in [3.8, 4) is 0 Å². The first-order valence-corrected chi connectivity index (χ1v) is 7.24. The molecule has 2 aromatic heterocycles. The summed E-state index contributed by atoms with van der Waals surface area (Å²) in [5, 5.41) is 12.5. The number of rotatable bonds is 6. The summed E-state index contributed by atoms with van der Waals surface area (Å²) >= 11 is 0. The highest BCUT2D eigenvalue weighted by molar-refractivity contribution is 5.23. The van der Waals surface area contributed by atoms with Crippen molar-refractivity contribution >= 4 is 0 Å². The molecular formula is C15H25N5. The largest absolute Gasteiger partial charge is 0.309 e. The van der Waals surface area contributed by atoms with Crippen LogP contribution in [-0.2, 0) is 20.5 Å². The van der Waals surface area contributed by atoms with Crippen molar-refractivity contribution in [2.75, 3.05) is 6.54 Å². The second-order valence-electron chi connectivity index (χ2n) is 5.46. The molecule has 2 rings (SSSR count). The third kappa shape index (κ3) is 3.28. The van der Waals surface area contributed by atoms with Crippen molar-refractivity contribution in [1.82, 2.24) is 24.9 Å². The molecule has 0 saturated heterocycles. The summed E-state index contributed by atoms with van der Waals surface area (Å²) in [5.74, 6) is 0. The average Bonchev–Trinajstić information content (AvgIpc) is 2.87. The monoisotopic (exact) mass is 275 g/mol. The molecule has 0 spiro atoms. The standard InChI is InChI=1S/C15H25N5/c1-6-7-16-15(14-10-19(4)18-12(14)3)9-13-8-11(2)17-20(13)5/h8,10,15-16H,6-7,9H2,1-5H3. The van der Waals surface area contributed by atoms with Gasteiger partial charge in [0.1, 0.15) is 0 Å². The molecule has 5 nitrogen and oxygen atoms in total. The summed E-state index contributed by atoms with van der Waals surface area (Å²) in [4.78, 5) is 0. The van der Waals surface area contributed by atoms with Crippen LogP contribution in [0.3, 0.4) is 0 Å². The van der Waals surface area contributed by atoms with Gasteiger partial charge in [-0.3, -0.25) is 9.36 Å². The van der Waals surface area contributed by atoms with Gasteiger partial charge in [-0.1, -0.05) is 6.92 Å². The van der Waals surface area contributed by atoms with E-state index in [4.69, 9.17) is 0 Å². The molecule has 0 aliphatic heterocycles. The van der Waals surface area contributed by atoms with Crippen molar-refractivity contribution < 1.29 is 0 Å². The number of nitrogens with zero attached hydrogens (tertiary/aromatic N) is 4. The highest BCUT2D eigenvalue weighted by atomic mass is 15.3. The molecule has 0 aromatic carbocycles. The van der Waals surface area contributed by atoms with Gasteiger partial charge in [-0.2, -0.15) is 10.2 Å². The van der Waals surface area contributed by atoms with E-state index in [0.29, 0.717) is 6.04 Å². The van der Waals surface area contributed by atoms with E-state index in [1.54, 1.807) is 0 Å². The number of aryl methyl sites for hydroxylation is 4. The first kappa shape index (κ1) is 14.8. The smallest absolute Gasteiger partial charge is 0.0641 e. The summed E-state index contributed by atoms with van der Waals surface area (Å²) in [6.45, 7) is 7.31. The minimum atomic E-state index is 0.290. The summed E-state index contributed by atoms with van der Waals surface area (Å²) in [7, 11) is 3.98. The van der Waals surface area contributed by atoms with E-state index < -0.39 is 0 Å². The average molecular weight is 275 g/mol. The van der Waals surface area contributed by atoms with Crippen LogP contribution in [0.2, 0.25) is 0 Å². The highest BCUT2D eigenvalue weighted by Gasteiger charge is 2.18. The lowest BCUT2D eigenvalue weighted by molar-refractivity contribution is 0.510. The van der Waals surface area contributed by atoms with E-state index in [9.17, 15) is 0 Å². The van der Waals surface area contributed by atoms with Crippen molar-refractivity contribution in [1.29, 1.82) is 0 Å². The molecule has 1 atom stereocenters. The maximum atomic E-state index is 4.46. The van der Waals surface area contributed by atoms with Gasteiger partial charge in [-0.05, 0) is 32.9 Å². The van der Waals surface area contributed by atoms with E-state index in [2.05, 4.69) is 41.6 Å². The molecule has 1 N–H and O–H groups in total. The number of nitrogens with one attached hydrogen (secondary N) is 1. The van der Waals surface area contributed by atoms with Crippen LogP contribution in [-0.4, -0.2) is 26.1 Å². The van der Waals surface area contributed by atoms with Crippen LogP contribution in [0.15, 0.2) is 12.3 Å². The Kier molecular flexibility index (Phi) is 4.60. The maximum Gasteiger partial charge on any atom is 0.0641 e. The zero-order valence-corrected chi connectivity index (χ0v) is 13.1.